The van der Waals surface area contributed by atoms with Crippen LogP contribution < -0.4 is 4.90 Å². The van der Waals surface area contributed by atoms with Crippen molar-refractivity contribution in [3.63, 3.8) is 0 Å². The molecule has 0 unspecified atom stereocenters. The van der Waals surface area contributed by atoms with Crippen molar-refractivity contribution in [3.8, 4) is 0 Å². The summed E-state index contributed by atoms with van der Waals surface area (Å²) in [5, 5.41) is 10.5. The van der Waals surface area contributed by atoms with E-state index >= 15 is 0 Å². The molecule has 0 aliphatic heterocycles. The lowest BCUT2D eigenvalue weighted by Gasteiger charge is -2.24. The van der Waals surface area contributed by atoms with Gasteiger partial charge in [-0.1, -0.05) is 42.5 Å². The molecule has 3 rings (SSSR count). The van der Waals surface area contributed by atoms with Gasteiger partial charge in [0.2, 0.25) is 0 Å². The van der Waals surface area contributed by atoms with Crippen LogP contribution in [-0.2, 0) is 6.54 Å². The summed E-state index contributed by atoms with van der Waals surface area (Å²) < 4.78 is 0. The monoisotopic (exact) mass is 293 g/mol. The molecule has 0 aliphatic carbocycles. The number of aliphatic hydroxyl groups excluding tert-OH is 1. The van der Waals surface area contributed by atoms with Gasteiger partial charge in [0, 0.05) is 18.5 Å². The Labute approximate surface area is 130 Å². The van der Waals surface area contributed by atoms with E-state index in [1.807, 2.05) is 30.3 Å². The minimum absolute atomic E-state index is 0.0875. The van der Waals surface area contributed by atoms with E-state index in [4.69, 9.17) is 0 Å². The average Bonchev–Trinajstić information content (AvgIpc) is 2.55. The van der Waals surface area contributed by atoms with Crippen LogP contribution in [0, 0.1) is 6.92 Å². The van der Waals surface area contributed by atoms with Gasteiger partial charge in [0.1, 0.15) is 12.1 Å². The van der Waals surface area contributed by atoms with Crippen LogP contribution in [0.5, 0.6) is 0 Å². The predicted molar refractivity (Wildman–Crippen MR) is 88.9 cm³/mol. The maximum atomic E-state index is 9.43. The second-order valence-corrected chi connectivity index (χ2v) is 5.30. The van der Waals surface area contributed by atoms with Gasteiger partial charge in [-0.2, -0.15) is 0 Å². The zero-order chi connectivity index (χ0) is 15.4. The van der Waals surface area contributed by atoms with Crippen LogP contribution in [0.3, 0.4) is 0 Å². The summed E-state index contributed by atoms with van der Waals surface area (Å²) in [7, 11) is 0. The fraction of sp³-hybridized carbons (Fsp3) is 0.222. The second kappa shape index (κ2) is 6.54. The predicted octanol–water partition coefficient (Wildman–Crippen LogP) is 2.94. The van der Waals surface area contributed by atoms with E-state index in [2.05, 4.69) is 40.0 Å². The second-order valence-electron chi connectivity index (χ2n) is 5.30. The Kier molecular flexibility index (Phi) is 4.30. The van der Waals surface area contributed by atoms with E-state index in [0.717, 1.165) is 22.3 Å². The molecule has 0 aliphatic rings. The van der Waals surface area contributed by atoms with Crippen molar-refractivity contribution in [1.29, 1.82) is 0 Å². The fourth-order valence-corrected chi connectivity index (χ4v) is 2.69. The Bertz CT molecular complexity index is 753. The molecule has 0 bridgehead atoms. The quantitative estimate of drug-likeness (QED) is 0.786. The molecule has 0 amide bonds. The average molecular weight is 293 g/mol. The minimum atomic E-state index is 0.0875. The van der Waals surface area contributed by atoms with Crippen molar-refractivity contribution in [1.82, 2.24) is 9.97 Å². The third-order valence-electron chi connectivity index (χ3n) is 3.74. The molecule has 0 fully saturated rings. The maximum Gasteiger partial charge on any atom is 0.140 e. The molecule has 0 atom stereocenters. The number of nitrogens with zero attached hydrogens (tertiary/aromatic N) is 3. The third kappa shape index (κ3) is 2.92. The number of aliphatic hydroxyl groups is 1. The molecular formula is C18H19N3O. The van der Waals surface area contributed by atoms with Crippen LogP contribution in [0.2, 0.25) is 0 Å². The highest BCUT2D eigenvalue weighted by molar-refractivity contribution is 5.92. The van der Waals surface area contributed by atoms with Crippen LogP contribution in [0.25, 0.3) is 10.9 Å². The van der Waals surface area contributed by atoms with Crippen LogP contribution in [0.1, 0.15) is 11.1 Å². The number of anilines is 1. The van der Waals surface area contributed by atoms with Crippen molar-refractivity contribution in [3.05, 3.63) is 66.0 Å². The number of hydrogen-bond acceptors (Lipinski definition) is 4. The first-order chi connectivity index (χ1) is 10.8. The van der Waals surface area contributed by atoms with Crippen molar-refractivity contribution >= 4 is 16.7 Å². The van der Waals surface area contributed by atoms with Crippen molar-refractivity contribution in [2.75, 3.05) is 18.1 Å². The third-order valence-corrected chi connectivity index (χ3v) is 3.74. The van der Waals surface area contributed by atoms with E-state index in [9.17, 15) is 5.11 Å². The smallest absolute Gasteiger partial charge is 0.140 e. The summed E-state index contributed by atoms with van der Waals surface area (Å²) in [6, 6.07) is 16.3. The maximum absolute atomic E-state index is 9.43. The van der Waals surface area contributed by atoms with Crippen LogP contribution in [0.4, 0.5) is 5.82 Å². The summed E-state index contributed by atoms with van der Waals surface area (Å²) in [5.41, 5.74) is 3.27. The Morgan fingerprint density at radius 1 is 1.00 bits per heavy atom. The van der Waals surface area contributed by atoms with Crippen molar-refractivity contribution in [2.24, 2.45) is 0 Å². The summed E-state index contributed by atoms with van der Waals surface area (Å²) in [6.45, 7) is 3.40. The van der Waals surface area contributed by atoms with Gasteiger partial charge in [-0.3, -0.25) is 0 Å². The van der Waals surface area contributed by atoms with Crippen LogP contribution in [-0.4, -0.2) is 28.2 Å². The van der Waals surface area contributed by atoms with E-state index in [1.165, 1.54) is 5.56 Å². The summed E-state index contributed by atoms with van der Waals surface area (Å²) in [5.74, 6) is 0.876. The molecule has 1 N–H and O–H groups in total. The highest BCUT2D eigenvalue weighted by Crippen LogP contribution is 2.27. The Morgan fingerprint density at radius 2 is 1.82 bits per heavy atom. The molecule has 3 aromatic rings. The summed E-state index contributed by atoms with van der Waals surface area (Å²) >= 11 is 0. The van der Waals surface area contributed by atoms with Gasteiger partial charge in [-0.15, -0.1) is 0 Å². The normalized spacial score (nSPS) is 10.8. The van der Waals surface area contributed by atoms with E-state index < -0.39 is 0 Å². The first-order valence-corrected chi connectivity index (χ1v) is 7.39. The fourth-order valence-electron chi connectivity index (χ4n) is 2.69. The standard InChI is InChI=1S/C18H19N3O/c1-14-6-5-9-16-17(14)18(20-13-19-16)21(10-11-22)12-15-7-3-2-4-8-15/h2-9,13,22H,10-12H2,1H3. The molecule has 0 spiro atoms. The van der Waals surface area contributed by atoms with Gasteiger partial charge in [0.25, 0.3) is 0 Å². The molecule has 1 heterocycles. The Morgan fingerprint density at radius 3 is 2.59 bits per heavy atom. The van der Waals surface area contributed by atoms with Gasteiger partial charge in [0.15, 0.2) is 0 Å². The molecule has 4 nitrogen and oxygen atoms in total. The Balaban J connectivity index is 2.05. The molecule has 0 radical (unpaired) electrons. The molecule has 4 heteroatoms. The lowest BCUT2D eigenvalue weighted by molar-refractivity contribution is 0.301. The van der Waals surface area contributed by atoms with Crippen LogP contribution >= 0.6 is 0 Å². The first kappa shape index (κ1) is 14.5. The zero-order valence-electron chi connectivity index (χ0n) is 12.6. The largest absolute Gasteiger partial charge is 0.395 e. The Hall–Kier alpha value is -2.46. The number of aryl methyl sites for hydroxylation is 1. The number of benzene rings is 2. The molecule has 22 heavy (non-hydrogen) atoms. The lowest BCUT2D eigenvalue weighted by Crippen LogP contribution is -2.27. The van der Waals surface area contributed by atoms with E-state index in [0.29, 0.717) is 13.1 Å². The van der Waals surface area contributed by atoms with E-state index in [-0.39, 0.29) is 6.61 Å². The van der Waals surface area contributed by atoms with E-state index in [1.54, 1.807) is 6.33 Å². The minimum Gasteiger partial charge on any atom is -0.395 e. The highest BCUT2D eigenvalue weighted by atomic mass is 16.3. The van der Waals surface area contributed by atoms with Gasteiger partial charge in [-0.05, 0) is 24.1 Å². The first-order valence-electron chi connectivity index (χ1n) is 7.39. The number of fused-ring (bicyclic) bond motifs is 1. The topological polar surface area (TPSA) is 49.2 Å². The lowest BCUT2D eigenvalue weighted by atomic mass is 10.1. The van der Waals surface area contributed by atoms with Crippen LogP contribution in [0.15, 0.2) is 54.9 Å². The molecular weight excluding hydrogens is 274 g/mol. The SMILES string of the molecule is Cc1cccc2ncnc(N(CCO)Cc3ccccc3)c12. The van der Waals surface area contributed by atoms with Gasteiger partial charge in [-0.25, -0.2) is 9.97 Å². The number of rotatable bonds is 5. The highest BCUT2D eigenvalue weighted by Gasteiger charge is 2.14. The molecule has 112 valence electrons. The zero-order valence-corrected chi connectivity index (χ0v) is 12.6. The molecule has 1 aromatic heterocycles. The number of hydrogen-bond donors (Lipinski definition) is 1. The van der Waals surface area contributed by atoms with Crippen molar-refractivity contribution in [2.45, 2.75) is 13.5 Å². The van der Waals surface area contributed by atoms with Gasteiger partial charge >= 0.3 is 0 Å². The molecule has 0 saturated heterocycles. The van der Waals surface area contributed by atoms with Crippen molar-refractivity contribution < 1.29 is 5.11 Å². The van der Waals surface area contributed by atoms with Gasteiger partial charge in [0.05, 0.1) is 12.1 Å². The van der Waals surface area contributed by atoms with Gasteiger partial charge < -0.3 is 10.0 Å². The number of aromatic nitrogens is 2. The summed E-state index contributed by atoms with van der Waals surface area (Å²) in [6.07, 6.45) is 1.59. The summed E-state index contributed by atoms with van der Waals surface area (Å²) in [4.78, 5) is 10.9. The molecule has 0 saturated carbocycles. The molecule has 2 aromatic carbocycles.